The van der Waals surface area contributed by atoms with E-state index in [1.165, 1.54) is 0 Å². The van der Waals surface area contributed by atoms with Gasteiger partial charge >= 0.3 is 0 Å². The summed E-state index contributed by atoms with van der Waals surface area (Å²) in [5.74, 6) is 0. The number of aliphatic hydroxyl groups excluding tert-OH is 2. The monoisotopic (exact) mass is 132 g/mol. The molecule has 3 N–H and O–H groups in total. The number of rotatable bonds is 1. The second-order valence-electron chi connectivity index (χ2n) is 2.78. The summed E-state index contributed by atoms with van der Waals surface area (Å²) in [5.41, 5.74) is -0.987. The third kappa shape index (κ3) is 1.41. The van der Waals surface area contributed by atoms with Gasteiger partial charge in [-0.2, -0.15) is 0 Å². The Morgan fingerprint density at radius 2 is 2.22 bits per heavy atom. The highest BCUT2D eigenvalue weighted by Gasteiger charge is 2.35. The van der Waals surface area contributed by atoms with Gasteiger partial charge in [0, 0.05) is 6.42 Å². The maximum atomic E-state index is 9.26. The zero-order chi connectivity index (χ0) is 6.91. The van der Waals surface area contributed by atoms with Crippen LogP contribution in [0.15, 0.2) is 0 Å². The summed E-state index contributed by atoms with van der Waals surface area (Å²) in [6, 6.07) is 0. The summed E-state index contributed by atoms with van der Waals surface area (Å²) < 4.78 is 0. The van der Waals surface area contributed by atoms with E-state index in [0.29, 0.717) is 19.3 Å². The summed E-state index contributed by atoms with van der Waals surface area (Å²) in [6.07, 6.45) is 1.03. The molecule has 0 aromatic rings. The van der Waals surface area contributed by atoms with Crippen LogP contribution >= 0.6 is 0 Å². The molecule has 0 radical (unpaired) electrons. The second-order valence-corrected chi connectivity index (χ2v) is 2.78. The maximum absolute atomic E-state index is 9.26. The first-order valence-electron chi connectivity index (χ1n) is 3.18. The van der Waals surface area contributed by atoms with E-state index in [2.05, 4.69) is 0 Å². The van der Waals surface area contributed by atoms with E-state index in [4.69, 9.17) is 10.2 Å². The molecule has 1 fully saturated rings. The van der Waals surface area contributed by atoms with E-state index < -0.39 is 11.7 Å². The van der Waals surface area contributed by atoms with Crippen LogP contribution in [0.4, 0.5) is 0 Å². The number of hydrogen-bond donors (Lipinski definition) is 3. The van der Waals surface area contributed by atoms with Crippen LogP contribution in [0, 0.1) is 0 Å². The predicted octanol–water partition coefficient (Wildman–Crippen LogP) is -0.745. The summed E-state index contributed by atoms with van der Waals surface area (Å²) in [5, 5.41) is 26.8. The topological polar surface area (TPSA) is 60.7 Å². The highest BCUT2D eigenvalue weighted by atomic mass is 16.3. The highest BCUT2D eigenvalue weighted by molar-refractivity contribution is 4.88. The van der Waals surface area contributed by atoms with E-state index >= 15 is 0 Å². The minimum atomic E-state index is -0.987. The first-order valence-corrected chi connectivity index (χ1v) is 3.18. The van der Waals surface area contributed by atoms with Crippen LogP contribution in [0.5, 0.6) is 0 Å². The molecule has 54 valence electrons. The fourth-order valence-electron chi connectivity index (χ4n) is 1.22. The zero-order valence-corrected chi connectivity index (χ0v) is 5.25. The lowest BCUT2D eigenvalue weighted by Gasteiger charge is -2.17. The Bertz CT molecular complexity index is 104. The summed E-state index contributed by atoms with van der Waals surface area (Å²) in [7, 11) is 0. The molecule has 0 saturated heterocycles. The minimum absolute atomic E-state index is 0.232. The van der Waals surface area contributed by atoms with Crippen LogP contribution in [0.3, 0.4) is 0 Å². The Morgan fingerprint density at radius 3 is 2.44 bits per heavy atom. The lowest BCUT2D eigenvalue weighted by atomic mass is 10.0. The molecule has 1 aliphatic carbocycles. The van der Waals surface area contributed by atoms with Gasteiger partial charge in [-0.15, -0.1) is 0 Å². The van der Waals surface area contributed by atoms with Crippen molar-refractivity contribution in [1.82, 2.24) is 0 Å². The molecule has 0 aromatic carbocycles. The van der Waals surface area contributed by atoms with Crippen molar-refractivity contribution in [3.63, 3.8) is 0 Å². The summed E-state index contributed by atoms with van der Waals surface area (Å²) in [4.78, 5) is 0. The quantitative estimate of drug-likeness (QED) is 0.440. The average molecular weight is 132 g/mol. The molecular formula is C6H12O3. The molecule has 0 aliphatic heterocycles. The SMILES string of the molecule is OCC1(O)CCC(O)C1. The smallest absolute Gasteiger partial charge is 0.0902 e. The standard InChI is InChI=1S/C6H12O3/c7-4-6(9)2-1-5(8)3-6/h5,7-9H,1-4H2. The predicted molar refractivity (Wildman–Crippen MR) is 31.9 cm³/mol. The molecule has 0 amide bonds. The van der Waals surface area contributed by atoms with Crippen molar-refractivity contribution in [3.8, 4) is 0 Å². The van der Waals surface area contributed by atoms with E-state index in [9.17, 15) is 5.11 Å². The first kappa shape index (κ1) is 6.99. The van der Waals surface area contributed by atoms with Crippen LogP contribution in [-0.4, -0.2) is 33.6 Å². The van der Waals surface area contributed by atoms with Crippen LogP contribution < -0.4 is 0 Å². The summed E-state index contributed by atoms with van der Waals surface area (Å²) in [6.45, 7) is -0.232. The first-order chi connectivity index (χ1) is 4.16. The van der Waals surface area contributed by atoms with Crippen molar-refractivity contribution in [2.45, 2.75) is 31.0 Å². The average Bonchev–Trinajstić information content (AvgIpc) is 2.13. The van der Waals surface area contributed by atoms with E-state index in [0.717, 1.165) is 0 Å². The van der Waals surface area contributed by atoms with Gasteiger partial charge in [0.05, 0.1) is 18.3 Å². The normalized spacial score (nSPS) is 43.7. The van der Waals surface area contributed by atoms with E-state index in [1.807, 2.05) is 0 Å². The zero-order valence-electron chi connectivity index (χ0n) is 5.25. The van der Waals surface area contributed by atoms with Crippen LogP contribution in [0.1, 0.15) is 19.3 Å². The van der Waals surface area contributed by atoms with Gasteiger partial charge in [0.2, 0.25) is 0 Å². The lowest BCUT2D eigenvalue weighted by molar-refractivity contribution is -0.0174. The number of hydrogen-bond acceptors (Lipinski definition) is 3. The Morgan fingerprint density at radius 1 is 1.56 bits per heavy atom. The molecule has 9 heavy (non-hydrogen) atoms. The molecule has 2 unspecified atom stereocenters. The van der Waals surface area contributed by atoms with Gasteiger partial charge in [0.25, 0.3) is 0 Å². The fourth-order valence-corrected chi connectivity index (χ4v) is 1.22. The molecular weight excluding hydrogens is 120 g/mol. The van der Waals surface area contributed by atoms with Gasteiger partial charge in [0.1, 0.15) is 0 Å². The Balaban J connectivity index is 2.45. The molecule has 1 saturated carbocycles. The number of aliphatic hydroxyl groups is 3. The molecule has 0 aromatic heterocycles. The van der Waals surface area contributed by atoms with Crippen LogP contribution in [0.2, 0.25) is 0 Å². The van der Waals surface area contributed by atoms with Gasteiger partial charge in [-0.1, -0.05) is 0 Å². The fraction of sp³-hybridized carbons (Fsp3) is 1.00. The lowest BCUT2D eigenvalue weighted by Crippen LogP contribution is -2.29. The van der Waals surface area contributed by atoms with Crippen LogP contribution in [-0.2, 0) is 0 Å². The largest absolute Gasteiger partial charge is 0.393 e. The maximum Gasteiger partial charge on any atom is 0.0902 e. The molecule has 3 heteroatoms. The molecule has 1 aliphatic rings. The second kappa shape index (κ2) is 2.25. The third-order valence-corrected chi connectivity index (χ3v) is 1.85. The van der Waals surface area contributed by atoms with Gasteiger partial charge < -0.3 is 15.3 Å². The van der Waals surface area contributed by atoms with Crippen molar-refractivity contribution >= 4 is 0 Å². The van der Waals surface area contributed by atoms with Gasteiger partial charge in [0.15, 0.2) is 0 Å². The highest BCUT2D eigenvalue weighted by Crippen LogP contribution is 2.28. The molecule has 0 heterocycles. The molecule has 0 bridgehead atoms. The minimum Gasteiger partial charge on any atom is -0.393 e. The molecule has 3 nitrogen and oxygen atoms in total. The van der Waals surface area contributed by atoms with Crippen molar-refractivity contribution in [2.24, 2.45) is 0 Å². The van der Waals surface area contributed by atoms with Crippen molar-refractivity contribution < 1.29 is 15.3 Å². The molecule has 0 spiro atoms. The third-order valence-electron chi connectivity index (χ3n) is 1.85. The summed E-state index contributed by atoms with van der Waals surface area (Å²) >= 11 is 0. The molecule has 1 rings (SSSR count). The van der Waals surface area contributed by atoms with Crippen molar-refractivity contribution in [3.05, 3.63) is 0 Å². The Hall–Kier alpha value is -0.120. The Kier molecular flexibility index (Phi) is 1.75. The van der Waals surface area contributed by atoms with Gasteiger partial charge in [-0.25, -0.2) is 0 Å². The molecule has 2 atom stereocenters. The van der Waals surface area contributed by atoms with Crippen molar-refractivity contribution in [2.75, 3.05) is 6.61 Å². The van der Waals surface area contributed by atoms with Crippen molar-refractivity contribution in [1.29, 1.82) is 0 Å². The van der Waals surface area contributed by atoms with Gasteiger partial charge in [-0.05, 0) is 12.8 Å². The van der Waals surface area contributed by atoms with Crippen LogP contribution in [0.25, 0.3) is 0 Å². The van der Waals surface area contributed by atoms with E-state index in [1.54, 1.807) is 0 Å². The van der Waals surface area contributed by atoms with Gasteiger partial charge in [-0.3, -0.25) is 0 Å². The van der Waals surface area contributed by atoms with E-state index in [-0.39, 0.29) is 6.61 Å². The Labute approximate surface area is 53.9 Å².